The van der Waals surface area contributed by atoms with Crippen molar-refractivity contribution in [3.8, 4) is 0 Å². The third-order valence-corrected chi connectivity index (χ3v) is 3.80. The van der Waals surface area contributed by atoms with Gasteiger partial charge in [-0.3, -0.25) is 4.79 Å². The fraction of sp³-hybridized carbons (Fsp3) is 0.222. The average molecular weight is 293 g/mol. The van der Waals surface area contributed by atoms with E-state index in [1.807, 2.05) is 68.6 Å². The van der Waals surface area contributed by atoms with Crippen molar-refractivity contribution in [2.45, 2.75) is 25.8 Å². The molecule has 3 aromatic rings. The molecule has 0 aliphatic carbocycles. The lowest BCUT2D eigenvalue weighted by Crippen LogP contribution is -2.22. The van der Waals surface area contributed by atoms with Gasteiger partial charge < -0.3 is 5.73 Å². The molecular weight excluding hydrogens is 274 g/mol. The van der Waals surface area contributed by atoms with Crippen molar-refractivity contribution >= 4 is 11.3 Å². The fourth-order valence-corrected chi connectivity index (χ4v) is 2.64. The Labute approximate surface area is 129 Å². The third-order valence-electron chi connectivity index (χ3n) is 3.80. The van der Waals surface area contributed by atoms with E-state index < -0.39 is 6.04 Å². The van der Waals surface area contributed by atoms with Crippen LogP contribution in [0.4, 0.5) is 0 Å². The Morgan fingerprint density at radius 1 is 1.09 bits per heavy atom. The van der Waals surface area contributed by atoms with Crippen LogP contribution in [0.2, 0.25) is 0 Å². The largest absolute Gasteiger partial charge is 0.318 e. The first-order chi connectivity index (χ1) is 10.6. The number of carbonyl (C=O) groups is 1. The van der Waals surface area contributed by atoms with Crippen molar-refractivity contribution in [3.05, 3.63) is 71.5 Å². The number of aromatic nitrogens is 2. The van der Waals surface area contributed by atoms with Crippen molar-refractivity contribution in [2.75, 3.05) is 0 Å². The monoisotopic (exact) mass is 293 g/mol. The first-order valence-corrected chi connectivity index (χ1v) is 7.41. The minimum Gasteiger partial charge on any atom is -0.318 e. The quantitative estimate of drug-likeness (QED) is 0.750. The summed E-state index contributed by atoms with van der Waals surface area (Å²) in [5.41, 5.74) is 9.25. The number of pyridine rings is 1. The molecule has 3 rings (SSSR count). The molecule has 2 aromatic heterocycles. The summed E-state index contributed by atoms with van der Waals surface area (Å²) in [6.07, 6.45) is 1.85. The van der Waals surface area contributed by atoms with E-state index in [1.54, 1.807) is 4.52 Å². The second kappa shape index (κ2) is 5.73. The zero-order valence-corrected chi connectivity index (χ0v) is 12.7. The Bertz CT molecular complexity index is 806. The summed E-state index contributed by atoms with van der Waals surface area (Å²) >= 11 is 0. The van der Waals surface area contributed by atoms with E-state index in [0.29, 0.717) is 5.56 Å². The van der Waals surface area contributed by atoms with Crippen LogP contribution in [-0.4, -0.2) is 15.4 Å². The molecule has 2 N–H and O–H groups in total. The Balaban J connectivity index is 2.12. The molecule has 0 spiro atoms. The van der Waals surface area contributed by atoms with Gasteiger partial charge in [0.05, 0.1) is 22.8 Å². The van der Waals surface area contributed by atoms with Crippen LogP contribution >= 0.6 is 0 Å². The number of hydrogen-bond acceptors (Lipinski definition) is 3. The minimum atomic E-state index is -0.674. The van der Waals surface area contributed by atoms with E-state index >= 15 is 0 Å². The summed E-state index contributed by atoms with van der Waals surface area (Å²) in [4.78, 5) is 13.0. The summed E-state index contributed by atoms with van der Waals surface area (Å²) in [7, 11) is 0. The van der Waals surface area contributed by atoms with Gasteiger partial charge in [0, 0.05) is 6.20 Å². The molecule has 0 fully saturated rings. The number of fused-ring (bicyclic) bond motifs is 1. The molecular formula is C18H19N3O. The smallest absolute Gasteiger partial charge is 0.188 e. The normalized spacial score (nSPS) is 12.7. The highest BCUT2D eigenvalue weighted by Gasteiger charge is 2.26. The van der Waals surface area contributed by atoms with Crippen molar-refractivity contribution in [2.24, 2.45) is 5.73 Å². The zero-order valence-electron chi connectivity index (χ0n) is 12.7. The zero-order chi connectivity index (χ0) is 15.7. The van der Waals surface area contributed by atoms with Crippen molar-refractivity contribution < 1.29 is 4.79 Å². The number of carbonyl (C=O) groups excluding carboxylic acids is 1. The number of Topliss-reactive ketones (excluding diaryl/α,β-unsaturated/α-hetero) is 1. The number of hydrogen-bond donors (Lipinski definition) is 1. The molecule has 1 atom stereocenters. The SMILES string of the molecule is CC(C)c1nn2ccccc2c1C(=O)C(N)c1ccccc1. The predicted octanol–water partition coefficient (Wildman–Crippen LogP) is 3.34. The lowest BCUT2D eigenvalue weighted by atomic mass is 9.94. The maximum Gasteiger partial charge on any atom is 0.188 e. The molecule has 1 unspecified atom stereocenters. The van der Waals surface area contributed by atoms with Gasteiger partial charge in [-0.1, -0.05) is 50.2 Å². The molecule has 0 saturated carbocycles. The van der Waals surface area contributed by atoms with E-state index in [1.165, 1.54) is 0 Å². The number of ketones is 1. The lowest BCUT2D eigenvalue weighted by Gasteiger charge is -2.12. The second-order valence-corrected chi connectivity index (χ2v) is 5.70. The Hall–Kier alpha value is -2.46. The second-order valence-electron chi connectivity index (χ2n) is 5.70. The summed E-state index contributed by atoms with van der Waals surface area (Å²) in [5.74, 6) is 0.0675. The van der Waals surface area contributed by atoms with Gasteiger partial charge in [0.1, 0.15) is 0 Å². The van der Waals surface area contributed by atoms with Crippen LogP contribution in [-0.2, 0) is 0 Å². The molecule has 4 heteroatoms. The molecule has 0 radical (unpaired) electrons. The molecule has 0 bridgehead atoms. The van der Waals surface area contributed by atoms with Gasteiger partial charge in [0.25, 0.3) is 0 Å². The maximum atomic E-state index is 13.0. The number of rotatable bonds is 4. The first-order valence-electron chi connectivity index (χ1n) is 7.41. The minimum absolute atomic E-state index is 0.0869. The van der Waals surface area contributed by atoms with Crippen LogP contribution in [0.1, 0.15) is 47.4 Å². The van der Waals surface area contributed by atoms with Gasteiger partial charge in [-0.05, 0) is 23.6 Å². The van der Waals surface area contributed by atoms with Gasteiger partial charge in [0.15, 0.2) is 5.78 Å². The predicted molar refractivity (Wildman–Crippen MR) is 87.0 cm³/mol. The maximum absolute atomic E-state index is 13.0. The number of nitrogens with two attached hydrogens (primary N) is 1. The van der Waals surface area contributed by atoms with Crippen LogP contribution < -0.4 is 5.73 Å². The first kappa shape index (κ1) is 14.5. The Morgan fingerprint density at radius 2 is 1.77 bits per heavy atom. The van der Waals surface area contributed by atoms with Crippen molar-refractivity contribution in [1.29, 1.82) is 0 Å². The lowest BCUT2D eigenvalue weighted by molar-refractivity contribution is 0.0961. The molecule has 0 aliphatic rings. The molecule has 2 heterocycles. The molecule has 22 heavy (non-hydrogen) atoms. The highest BCUT2D eigenvalue weighted by atomic mass is 16.1. The van der Waals surface area contributed by atoms with Crippen LogP contribution in [0.25, 0.3) is 5.52 Å². The van der Waals surface area contributed by atoms with E-state index in [2.05, 4.69) is 5.10 Å². The Kier molecular flexibility index (Phi) is 3.77. The Morgan fingerprint density at radius 3 is 2.45 bits per heavy atom. The molecule has 0 saturated heterocycles. The van der Waals surface area contributed by atoms with Gasteiger partial charge in [-0.2, -0.15) is 5.10 Å². The van der Waals surface area contributed by atoms with Crippen molar-refractivity contribution in [1.82, 2.24) is 9.61 Å². The van der Waals surface area contributed by atoms with Crippen molar-refractivity contribution in [3.63, 3.8) is 0 Å². The van der Waals surface area contributed by atoms with E-state index in [-0.39, 0.29) is 11.7 Å². The van der Waals surface area contributed by atoms with Crippen LogP contribution in [0.15, 0.2) is 54.7 Å². The topological polar surface area (TPSA) is 60.4 Å². The molecule has 0 amide bonds. The molecule has 1 aromatic carbocycles. The summed E-state index contributed by atoms with van der Waals surface area (Å²) in [5, 5.41) is 4.55. The van der Waals surface area contributed by atoms with E-state index in [0.717, 1.165) is 16.8 Å². The van der Waals surface area contributed by atoms with Crippen LogP contribution in [0, 0.1) is 0 Å². The van der Waals surface area contributed by atoms with Crippen LogP contribution in [0.3, 0.4) is 0 Å². The van der Waals surface area contributed by atoms with E-state index in [9.17, 15) is 4.79 Å². The molecule has 4 nitrogen and oxygen atoms in total. The average Bonchev–Trinajstić information content (AvgIpc) is 2.94. The van der Waals surface area contributed by atoms with Crippen LogP contribution in [0.5, 0.6) is 0 Å². The van der Waals surface area contributed by atoms with Gasteiger partial charge >= 0.3 is 0 Å². The highest BCUT2D eigenvalue weighted by molar-refractivity contribution is 6.07. The standard InChI is InChI=1S/C18H19N3O/c1-12(2)17-15(14-10-6-7-11-21(14)20-17)18(22)16(19)13-8-4-3-5-9-13/h3-12,16H,19H2,1-2H3. The van der Waals surface area contributed by atoms with E-state index in [4.69, 9.17) is 5.73 Å². The van der Waals surface area contributed by atoms with Gasteiger partial charge in [-0.25, -0.2) is 4.52 Å². The summed E-state index contributed by atoms with van der Waals surface area (Å²) < 4.78 is 1.75. The number of benzene rings is 1. The van der Waals surface area contributed by atoms with Gasteiger partial charge in [0.2, 0.25) is 0 Å². The summed E-state index contributed by atoms with van der Waals surface area (Å²) in [6.45, 7) is 4.07. The van der Waals surface area contributed by atoms with Gasteiger partial charge in [-0.15, -0.1) is 0 Å². The molecule has 112 valence electrons. The summed E-state index contributed by atoms with van der Waals surface area (Å²) in [6, 6.07) is 14.5. The highest BCUT2D eigenvalue weighted by Crippen LogP contribution is 2.27. The molecule has 0 aliphatic heterocycles. The number of nitrogens with zero attached hydrogens (tertiary/aromatic N) is 2. The fourth-order valence-electron chi connectivity index (χ4n) is 2.64. The third kappa shape index (κ3) is 2.42.